The molecule has 0 amide bonds. The number of imidazole rings is 1. The first-order chi connectivity index (χ1) is 8.74. The number of nitrogens with zero attached hydrogens (tertiary/aromatic N) is 5. The van der Waals surface area contributed by atoms with Gasteiger partial charge in [0.15, 0.2) is 5.65 Å². The number of hydrogen-bond acceptors (Lipinski definition) is 5. The van der Waals surface area contributed by atoms with Gasteiger partial charge in [0.2, 0.25) is 0 Å². The largest absolute Gasteiger partial charge is 0.390 e. The molecule has 0 bridgehead atoms. The van der Waals surface area contributed by atoms with Gasteiger partial charge in [-0.3, -0.25) is 0 Å². The van der Waals surface area contributed by atoms with Crippen LogP contribution in [0.15, 0.2) is 18.9 Å². The average molecular weight is 249 g/mol. The molecule has 0 aromatic carbocycles. The Balaban J connectivity index is 2.04. The first kappa shape index (κ1) is 12.9. The van der Waals surface area contributed by atoms with Crippen LogP contribution in [0.2, 0.25) is 0 Å². The van der Waals surface area contributed by atoms with E-state index in [0.717, 1.165) is 24.3 Å². The average Bonchev–Trinajstić information content (AvgIpc) is 2.79. The third-order valence-electron chi connectivity index (χ3n) is 3.05. The highest BCUT2D eigenvalue weighted by atomic mass is 16.3. The van der Waals surface area contributed by atoms with E-state index < -0.39 is 6.10 Å². The molecule has 0 spiro atoms. The fraction of sp³-hybridized carbons (Fsp3) is 0.583. The monoisotopic (exact) mass is 249 g/mol. The molecule has 2 aromatic rings. The Labute approximate surface area is 106 Å². The highest BCUT2D eigenvalue weighted by molar-refractivity contribution is 5.68. The highest BCUT2D eigenvalue weighted by Crippen LogP contribution is 2.08. The van der Waals surface area contributed by atoms with Crippen LogP contribution in [0, 0.1) is 0 Å². The molecule has 1 atom stereocenters. The van der Waals surface area contributed by atoms with Crippen LogP contribution in [0.5, 0.6) is 0 Å². The van der Waals surface area contributed by atoms with Crippen LogP contribution in [0.4, 0.5) is 0 Å². The lowest BCUT2D eigenvalue weighted by atomic mass is 10.3. The molecule has 0 fully saturated rings. The SMILES string of the molecule is CCN(CC)C[C@H](O)Cn1cnc2cncnc21. The number of rotatable bonds is 6. The molecule has 0 aliphatic rings. The maximum absolute atomic E-state index is 10.1. The normalized spacial score (nSPS) is 13.3. The molecule has 0 unspecified atom stereocenters. The fourth-order valence-corrected chi connectivity index (χ4v) is 2.01. The zero-order valence-electron chi connectivity index (χ0n) is 10.8. The molecule has 0 saturated heterocycles. The van der Waals surface area contributed by atoms with Crippen molar-refractivity contribution in [2.75, 3.05) is 19.6 Å². The van der Waals surface area contributed by atoms with Gasteiger partial charge in [-0.25, -0.2) is 15.0 Å². The molecule has 18 heavy (non-hydrogen) atoms. The zero-order chi connectivity index (χ0) is 13.0. The summed E-state index contributed by atoms with van der Waals surface area (Å²) in [6, 6.07) is 0. The maximum Gasteiger partial charge on any atom is 0.163 e. The maximum atomic E-state index is 10.1. The van der Waals surface area contributed by atoms with Crippen molar-refractivity contribution in [3.63, 3.8) is 0 Å². The summed E-state index contributed by atoms with van der Waals surface area (Å²) in [5.74, 6) is 0. The van der Waals surface area contributed by atoms with Gasteiger partial charge in [-0.15, -0.1) is 0 Å². The van der Waals surface area contributed by atoms with Gasteiger partial charge in [0.25, 0.3) is 0 Å². The number of hydrogen-bond donors (Lipinski definition) is 1. The van der Waals surface area contributed by atoms with Gasteiger partial charge in [0.1, 0.15) is 11.8 Å². The Morgan fingerprint density at radius 1 is 1.33 bits per heavy atom. The Morgan fingerprint density at radius 2 is 2.11 bits per heavy atom. The number of aliphatic hydroxyl groups excluding tert-OH is 1. The van der Waals surface area contributed by atoms with Gasteiger partial charge in [0.05, 0.1) is 25.2 Å². The summed E-state index contributed by atoms with van der Waals surface area (Å²) in [7, 11) is 0. The molecular formula is C12H19N5O. The summed E-state index contributed by atoms with van der Waals surface area (Å²) in [6.07, 6.45) is 4.45. The number of fused-ring (bicyclic) bond motifs is 1. The second-order valence-corrected chi connectivity index (χ2v) is 4.27. The van der Waals surface area contributed by atoms with Crippen LogP contribution in [0.3, 0.4) is 0 Å². The predicted octanol–water partition coefficient (Wildman–Crippen LogP) is 0.529. The van der Waals surface area contributed by atoms with Gasteiger partial charge in [0, 0.05) is 6.54 Å². The molecule has 6 heteroatoms. The lowest BCUT2D eigenvalue weighted by Gasteiger charge is -2.22. The molecule has 0 radical (unpaired) electrons. The smallest absolute Gasteiger partial charge is 0.163 e. The number of aliphatic hydroxyl groups is 1. The van der Waals surface area contributed by atoms with Gasteiger partial charge in [-0.1, -0.05) is 13.8 Å². The topological polar surface area (TPSA) is 67.1 Å². The summed E-state index contributed by atoms with van der Waals surface area (Å²) in [5, 5.41) is 10.1. The Kier molecular flexibility index (Phi) is 4.22. The van der Waals surface area contributed by atoms with E-state index in [9.17, 15) is 5.11 Å². The Hall–Kier alpha value is -1.53. The molecule has 0 aliphatic carbocycles. The fourth-order valence-electron chi connectivity index (χ4n) is 2.01. The number of aromatic nitrogens is 4. The summed E-state index contributed by atoms with van der Waals surface area (Å²) in [5.41, 5.74) is 1.52. The first-order valence-electron chi connectivity index (χ1n) is 6.25. The third kappa shape index (κ3) is 2.83. The van der Waals surface area contributed by atoms with E-state index in [1.165, 1.54) is 6.33 Å². The van der Waals surface area contributed by atoms with E-state index in [0.29, 0.717) is 13.1 Å². The third-order valence-corrected chi connectivity index (χ3v) is 3.05. The minimum absolute atomic E-state index is 0.419. The van der Waals surface area contributed by atoms with Crippen LogP contribution in [0.25, 0.3) is 11.2 Å². The predicted molar refractivity (Wildman–Crippen MR) is 69.1 cm³/mol. The second kappa shape index (κ2) is 5.88. The summed E-state index contributed by atoms with van der Waals surface area (Å²) >= 11 is 0. The molecule has 98 valence electrons. The minimum Gasteiger partial charge on any atom is -0.390 e. The van der Waals surface area contributed by atoms with Gasteiger partial charge < -0.3 is 14.6 Å². The van der Waals surface area contributed by atoms with Gasteiger partial charge in [-0.2, -0.15) is 0 Å². The van der Waals surface area contributed by atoms with Crippen molar-refractivity contribution in [2.24, 2.45) is 0 Å². The van der Waals surface area contributed by atoms with E-state index in [4.69, 9.17) is 0 Å². The number of likely N-dealkylation sites (N-methyl/N-ethyl adjacent to an activating group) is 1. The minimum atomic E-state index is -0.419. The van der Waals surface area contributed by atoms with E-state index in [1.807, 2.05) is 4.57 Å². The van der Waals surface area contributed by atoms with Crippen molar-refractivity contribution in [1.29, 1.82) is 0 Å². The van der Waals surface area contributed by atoms with Crippen LogP contribution >= 0.6 is 0 Å². The summed E-state index contributed by atoms with van der Waals surface area (Å²) in [4.78, 5) is 14.5. The lowest BCUT2D eigenvalue weighted by Crippen LogP contribution is -2.34. The van der Waals surface area contributed by atoms with Crippen LogP contribution in [-0.2, 0) is 6.54 Å². The van der Waals surface area contributed by atoms with E-state index in [2.05, 4.69) is 33.7 Å². The van der Waals surface area contributed by atoms with Crippen molar-refractivity contribution in [3.8, 4) is 0 Å². The highest BCUT2D eigenvalue weighted by Gasteiger charge is 2.12. The zero-order valence-corrected chi connectivity index (χ0v) is 10.8. The van der Waals surface area contributed by atoms with Gasteiger partial charge in [-0.05, 0) is 13.1 Å². The van der Waals surface area contributed by atoms with Crippen LogP contribution in [-0.4, -0.2) is 55.3 Å². The molecule has 6 nitrogen and oxygen atoms in total. The molecule has 0 saturated carbocycles. The lowest BCUT2D eigenvalue weighted by molar-refractivity contribution is 0.104. The standard InChI is InChI=1S/C12H19N5O/c1-3-16(4-2)6-10(18)7-17-9-15-11-5-13-8-14-12(11)17/h5,8-10,18H,3-4,6-7H2,1-2H3/t10-/m0/s1. The van der Waals surface area contributed by atoms with Crippen LogP contribution < -0.4 is 0 Å². The molecule has 1 N–H and O–H groups in total. The van der Waals surface area contributed by atoms with E-state index >= 15 is 0 Å². The van der Waals surface area contributed by atoms with Crippen molar-refractivity contribution >= 4 is 11.2 Å². The molecule has 0 aliphatic heterocycles. The van der Waals surface area contributed by atoms with Crippen LogP contribution in [0.1, 0.15) is 13.8 Å². The Bertz CT molecular complexity index is 494. The van der Waals surface area contributed by atoms with E-state index in [1.54, 1.807) is 12.5 Å². The molecule has 2 heterocycles. The first-order valence-corrected chi connectivity index (χ1v) is 6.25. The van der Waals surface area contributed by atoms with Crippen molar-refractivity contribution in [2.45, 2.75) is 26.5 Å². The molecule has 2 rings (SSSR count). The Morgan fingerprint density at radius 3 is 2.83 bits per heavy atom. The van der Waals surface area contributed by atoms with E-state index in [-0.39, 0.29) is 0 Å². The summed E-state index contributed by atoms with van der Waals surface area (Å²) in [6.45, 7) is 7.24. The van der Waals surface area contributed by atoms with Gasteiger partial charge >= 0.3 is 0 Å². The summed E-state index contributed by atoms with van der Waals surface area (Å²) < 4.78 is 1.87. The van der Waals surface area contributed by atoms with Crippen molar-refractivity contribution in [1.82, 2.24) is 24.4 Å². The van der Waals surface area contributed by atoms with Crippen molar-refractivity contribution in [3.05, 3.63) is 18.9 Å². The second-order valence-electron chi connectivity index (χ2n) is 4.27. The molecule has 2 aromatic heterocycles. The quantitative estimate of drug-likeness (QED) is 0.809. The molecular weight excluding hydrogens is 230 g/mol. The van der Waals surface area contributed by atoms with Crippen molar-refractivity contribution < 1.29 is 5.11 Å².